The zero-order valence-corrected chi connectivity index (χ0v) is 13.3. The number of piperazine rings is 1. The molecule has 1 aliphatic rings. The Kier molecular flexibility index (Phi) is 4.84. The smallest absolute Gasteiger partial charge is 0.331 e. The van der Waals surface area contributed by atoms with E-state index in [1.165, 1.54) is 34.1 Å². The van der Waals surface area contributed by atoms with Crippen LogP contribution in [0, 0.1) is 10.1 Å². The molecular weight excluding hydrogens is 327 g/mol. The monoisotopic (exact) mass is 345 g/mol. The van der Waals surface area contributed by atoms with Gasteiger partial charge in [-0.05, 0) is 26.0 Å². The van der Waals surface area contributed by atoms with Gasteiger partial charge in [0.1, 0.15) is 0 Å². The van der Waals surface area contributed by atoms with E-state index in [9.17, 15) is 28.1 Å². The molecule has 9 heteroatoms. The van der Waals surface area contributed by atoms with Crippen molar-refractivity contribution in [1.29, 1.82) is 0 Å². The third kappa shape index (κ3) is 4.22. The summed E-state index contributed by atoms with van der Waals surface area (Å²) >= 11 is 0. The van der Waals surface area contributed by atoms with Gasteiger partial charge in [-0.2, -0.15) is 13.2 Å². The van der Waals surface area contributed by atoms with Crippen molar-refractivity contribution >= 4 is 11.6 Å². The summed E-state index contributed by atoms with van der Waals surface area (Å²) in [6.07, 6.45) is -4.28. The van der Waals surface area contributed by atoms with Gasteiger partial charge in [0, 0.05) is 37.3 Å². The Hall–Kier alpha value is -2.16. The van der Waals surface area contributed by atoms with Crippen LogP contribution in [-0.4, -0.2) is 58.5 Å². The second-order valence-electron chi connectivity index (χ2n) is 6.40. The SMILES string of the molecule is CC1(C)CN(CC(F)(F)F)CCN1C(=O)c1ccc([N+](=O)[O-])cc1. The molecule has 0 atom stereocenters. The lowest BCUT2D eigenvalue weighted by atomic mass is 9.97. The second-order valence-corrected chi connectivity index (χ2v) is 6.40. The predicted octanol–water partition coefficient (Wildman–Crippen LogP) is 2.69. The largest absolute Gasteiger partial charge is 0.401 e. The standard InChI is InChI=1S/C15H18F3N3O3/c1-14(2)9-19(10-15(16,17)18)7-8-20(14)13(22)11-3-5-12(6-4-11)21(23)24/h3-6H,7-10H2,1-2H3. The van der Waals surface area contributed by atoms with Crippen molar-refractivity contribution in [3.63, 3.8) is 0 Å². The normalized spacial score (nSPS) is 18.5. The molecule has 0 spiro atoms. The summed E-state index contributed by atoms with van der Waals surface area (Å²) < 4.78 is 37.6. The second kappa shape index (κ2) is 6.39. The van der Waals surface area contributed by atoms with Gasteiger partial charge in [0.15, 0.2) is 0 Å². The Balaban J connectivity index is 2.11. The summed E-state index contributed by atoms with van der Waals surface area (Å²) in [5.74, 6) is -0.346. The van der Waals surface area contributed by atoms with Crippen molar-refractivity contribution in [2.45, 2.75) is 25.6 Å². The molecule has 1 aliphatic heterocycles. The van der Waals surface area contributed by atoms with Crippen LogP contribution in [0.2, 0.25) is 0 Å². The van der Waals surface area contributed by atoms with Crippen LogP contribution in [0.3, 0.4) is 0 Å². The van der Waals surface area contributed by atoms with Gasteiger partial charge < -0.3 is 4.90 Å². The first-order valence-corrected chi connectivity index (χ1v) is 7.35. The van der Waals surface area contributed by atoms with Gasteiger partial charge in [-0.3, -0.25) is 19.8 Å². The highest BCUT2D eigenvalue weighted by Crippen LogP contribution is 2.26. The van der Waals surface area contributed by atoms with Gasteiger partial charge in [0.05, 0.1) is 17.0 Å². The van der Waals surface area contributed by atoms with E-state index < -0.39 is 23.2 Å². The molecule has 0 aliphatic carbocycles. The molecule has 1 fully saturated rings. The molecule has 1 aromatic rings. The minimum atomic E-state index is -4.28. The lowest BCUT2D eigenvalue weighted by Gasteiger charge is -2.47. The maximum Gasteiger partial charge on any atom is 0.401 e. The maximum atomic E-state index is 12.6. The van der Waals surface area contributed by atoms with Gasteiger partial charge >= 0.3 is 6.18 Å². The molecular formula is C15H18F3N3O3. The summed E-state index contributed by atoms with van der Waals surface area (Å²) in [5.41, 5.74) is -0.624. The van der Waals surface area contributed by atoms with Crippen molar-refractivity contribution in [3.8, 4) is 0 Å². The molecule has 1 amide bonds. The number of hydrogen-bond acceptors (Lipinski definition) is 4. The third-order valence-electron chi connectivity index (χ3n) is 3.95. The number of hydrogen-bond donors (Lipinski definition) is 0. The highest BCUT2D eigenvalue weighted by atomic mass is 19.4. The van der Waals surface area contributed by atoms with Crippen molar-refractivity contribution in [2.75, 3.05) is 26.2 Å². The fraction of sp³-hybridized carbons (Fsp3) is 0.533. The first kappa shape index (κ1) is 18.2. The van der Waals surface area contributed by atoms with Crippen molar-refractivity contribution in [2.24, 2.45) is 0 Å². The van der Waals surface area contributed by atoms with E-state index in [2.05, 4.69) is 0 Å². The van der Waals surface area contributed by atoms with Crippen LogP contribution in [0.15, 0.2) is 24.3 Å². The lowest BCUT2D eigenvalue weighted by molar-refractivity contribution is -0.384. The number of non-ortho nitro benzene ring substituents is 1. The average molecular weight is 345 g/mol. The number of nitrogens with zero attached hydrogens (tertiary/aromatic N) is 3. The molecule has 1 saturated heterocycles. The molecule has 0 N–H and O–H groups in total. The summed E-state index contributed by atoms with van der Waals surface area (Å²) in [5, 5.41) is 10.6. The molecule has 1 aromatic carbocycles. The van der Waals surface area contributed by atoms with Crippen molar-refractivity contribution in [3.05, 3.63) is 39.9 Å². The van der Waals surface area contributed by atoms with Crippen LogP contribution < -0.4 is 0 Å². The Morgan fingerprint density at radius 2 is 1.83 bits per heavy atom. The molecule has 0 bridgehead atoms. The molecule has 0 aromatic heterocycles. The van der Waals surface area contributed by atoms with E-state index in [4.69, 9.17) is 0 Å². The minimum Gasteiger partial charge on any atom is -0.331 e. The zero-order chi connectivity index (χ0) is 18.1. The average Bonchev–Trinajstić information content (AvgIpc) is 2.44. The molecule has 6 nitrogen and oxygen atoms in total. The van der Waals surface area contributed by atoms with Gasteiger partial charge in [0.25, 0.3) is 11.6 Å². The molecule has 2 rings (SSSR count). The Morgan fingerprint density at radius 3 is 2.29 bits per heavy atom. The van der Waals surface area contributed by atoms with Crippen molar-refractivity contribution in [1.82, 2.24) is 9.80 Å². The number of alkyl halides is 3. The number of rotatable bonds is 3. The number of halogens is 3. The van der Waals surface area contributed by atoms with Crippen LogP contribution in [0.4, 0.5) is 18.9 Å². The van der Waals surface area contributed by atoms with Crippen LogP contribution in [0.25, 0.3) is 0 Å². The van der Waals surface area contributed by atoms with E-state index in [0.717, 1.165) is 0 Å². The summed E-state index contributed by atoms with van der Waals surface area (Å²) in [6, 6.07) is 5.19. The molecule has 0 unspecified atom stereocenters. The fourth-order valence-electron chi connectivity index (χ4n) is 2.90. The molecule has 0 saturated carbocycles. The van der Waals surface area contributed by atoms with Crippen LogP contribution in [0.1, 0.15) is 24.2 Å². The number of carbonyl (C=O) groups is 1. The fourth-order valence-corrected chi connectivity index (χ4v) is 2.90. The first-order chi connectivity index (χ1) is 11.0. The topological polar surface area (TPSA) is 66.7 Å². The van der Waals surface area contributed by atoms with Gasteiger partial charge in [0.2, 0.25) is 0 Å². The van der Waals surface area contributed by atoms with Gasteiger partial charge in [-0.1, -0.05) is 0 Å². The van der Waals surface area contributed by atoms with Crippen LogP contribution >= 0.6 is 0 Å². The van der Waals surface area contributed by atoms with Gasteiger partial charge in [-0.25, -0.2) is 0 Å². The van der Waals surface area contributed by atoms with Crippen molar-refractivity contribution < 1.29 is 22.9 Å². The number of amides is 1. The summed E-state index contributed by atoms with van der Waals surface area (Å²) in [7, 11) is 0. The van der Waals surface area contributed by atoms with Gasteiger partial charge in [-0.15, -0.1) is 0 Å². The number of nitro benzene ring substituents is 1. The number of benzene rings is 1. The molecule has 0 radical (unpaired) electrons. The third-order valence-corrected chi connectivity index (χ3v) is 3.95. The summed E-state index contributed by atoms with van der Waals surface area (Å²) in [4.78, 5) is 25.5. The van der Waals surface area contributed by atoms with Crippen LogP contribution in [-0.2, 0) is 0 Å². The zero-order valence-electron chi connectivity index (χ0n) is 13.3. The quantitative estimate of drug-likeness (QED) is 0.624. The molecule has 24 heavy (non-hydrogen) atoms. The maximum absolute atomic E-state index is 12.6. The highest BCUT2D eigenvalue weighted by Gasteiger charge is 2.40. The summed E-state index contributed by atoms with van der Waals surface area (Å²) in [6.45, 7) is 2.80. The predicted molar refractivity (Wildman–Crippen MR) is 80.7 cm³/mol. The van der Waals surface area contributed by atoms with E-state index in [1.807, 2.05) is 0 Å². The van der Waals surface area contributed by atoms with Crippen LogP contribution in [0.5, 0.6) is 0 Å². The minimum absolute atomic E-state index is 0.102. The van der Waals surface area contributed by atoms with E-state index in [-0.39, 0.29) is 36.8 Å². The number of carbonyl (C=O) groups excluding carboxylic acids is 1. The molecule has 132 valence electrons. The first-order valence-electron chi connectivity index (χ1n) is 7.35. The Labute approximate surface area is 137 Å². The Bertz CT molecular complexity index is 629. The van der Waals surface area contributed by atoms with E-state index in [1.54, 1.807) is 13.8 Å². The van der Waals surface area contributed by atoms with E-state index >= 15 is 0 Å². The Morgan fingerprint density at radius 1 is 1.25 bits per heavy atom. The molecule has 1 heterocycles. The lowest BCUT2D eigenvalue weighted by Crippen LogP contribution is -2.62. The number of nitro groups is 1. The highest BCUT2D eigenvalue weighted by molar-refractivity contribution is 5.95. The van der Waals surface area contributed by atoms with E-state index in [0.29, 0.717) is 0 Å².